The number of carbonyl (C=O) groups excluding carboxylic acids is 1. The lowest BCUT2D eigenvalue weighted by Crippen LogP contribution is -2.47. The van der Waals surface area contributed by atoms with Crippen LogP contribution in [0.25, 0.3) is 0 Å². The number of amides is 1. The molecule has 2 N–H and O–H groups in total. The van der Waals surface area contributed by atoms with E-state index in [4.69, 9.17) is 0 Å². The van der Waals surface area contributed by atoms with Gasteiger partial charge >= 0.3 is 6.18 Å². The molecule has 0 aromatic heterocycles. The minimum Gasteiger partial charge on any atom is -0.354 e. The van der Waals surface area contributed by atoms with Crippen molar-refractivity contribution in [2.45, 2.75) is 37.9 Å². The van der Waals surface area contributed by atoms with Crippen LogP contribution in [0.4, 0.5) is 13.2 Å². The van der Waals surface area contributed by atoms with Gasteiger partial charge in [-0.1, -0.05) is 6.42 Å². The predicted octanol–water partition coefficient (Wildman–Crippen LogP) is 1.97. The van der Waals surface area contributed by atoms with Crippen LogP contribution in [0.3, 0.4) is 0 Å². The van der Waals surface area contributed by atoms with E-state index in [1.165, 1.54) is 4.90 Å². The quantitative estimate of drug-likeness (QED) is 0.800. The van der Waals surface area contributed by atoms with E-state index in [1.54, 1.807) is 0 Å². The Bertz CT molecular complexity index is 339. The fraction of sp³-hybridized carbons (Fsp3) is 0.923. The normalized spacial score (nSPS) is 26.0. The summed E-state index contributed by atoms with van der Waals surface area (Å²) in [6, 6.07) is -0.128. The molecule has 0 aromatic carbocycles. The van der Waals surface area contributed by atoms with Gasteiger partial charge in [-0.2, -0.15) is 13.2 Å². The fourth-order valence-electron chi connectivity index (χ4n) is 2.92. The van der Waals surface area contributed by atoms with Gasteiger partial charge in [-0.05, 0) is 38.3 Å². The lowest BCUT2D eigenvalue weighted by atomic mass is 10.0. The Kier molecular flexibility index (Phi) is 9.69. The summed E-state index contributed by atoms with van der Waals surface area (Å²) in [6.07, 6.45) is -0.429. The van der Waals surface area contributed by atoms with Crippen LogP contribution in [-0.2, 0) is 4.79 Å². The summed E-state index contributed by atoms with van der Waals surface area (Å²) < 4.78 is 36.8. The van der Waals surface area contributed by atoms with E-state index in [0.29, 0.717) is 26.1 Å². The lowest BCUT2D eigenvalue weighted by Gasteiger charge is -2.23. The van der Waals surface area contributed by atoms with Crippen molar-refractivity contribution >= 4 is 30.7 Å². The molecule has 0 aromatic rings. The number of piperidine rings is 1. The predicted molar refractivity (Wildman–Crippen MR) is 83.7 cm³/mol. The maximum absolute atomic E-state index is 12.3. The molecule has 22 heavy (non-hydrogen) atoms. The van der Waals surface area contributed by atoms with Gasteiger partial charge in [-0.3, -0.25) is 9.69 Å². The highest BCUT2D eigenvalue weighted by Gasteiger charge is 2.34. The van der Waals surface area contributed by atoms with Gasteiger partial charge in [0, 0.05) is 13.1 Å². The van der Waals surface area contributed by atoms with Crippen LogP contribution in [0.5, 0.6) is 0 Å². The minimum absolute atomic E-state index is 0. The van der Waals surface area contributed by atoms with E-state index in [1.807, 2.05) is 0 Å². The molecule has 0 aliphatic carbocycles. The highest BCUT2D eigenvalue weighted by atomic mass is 35.5. The second-order valence-corrected chi connectivity index (χ2v) is 5.75. The molecule has 1 unspecified atom stereocenters. The summed E-state index contributed by atoms with van der Waals surface area (Å²) in [4.78, 5) is 13.3. The number of nitrogens with one attached hydrogen (secondary N) is 2. The zero-order chi connectivity index (χ0) is 14.6. The number of likely N-dealkylation sites (tertiary alicyclic amines) is 1. The molecule has 2 fully saturated rings. The van der Waals surface area contributed by atoms with Gasteiger partial charge in [0.1, 0.15) is 0 Å². The van der Waals surface area contributed by atoms with Crippen LogP contribution in [0.1, 0.15) is 25.7 Å². The molecule has 2 aliphatic heterocycles. The SMILES string of the molecule is Cl.Cl.O=C(NCC1CCN(CC(F)(F)F)C1)[C@H]1CCCCN1. The number of halogens is 5. The standard InChI is InChI=1S/C13H22F3N3O.2ClH/c14-13(15,16)9-19-6-4-10(8-19)7-18-12(20)11-3-1-2-5-17-11;;/h10-11,17H,1-9H2,(H,18,20);2*1H/t10?,11-;;/m1../s1. The van der Waals surface area contributed by atoms with E-state index < -0.39 is 12.7 Å². The Morgan fingerprint density at radius 3 is 2.55 bits per heavy atom. The molecule has 0 radical (unpaired) electrons. The van der Waals surface area contributed by atoms with Crippen LogP contribution in [0, 0.1) is 5.92 Å². The number of hydrogen-bond acceptors (Lipinski definition) is 3. The van der Waals surface area contributed by atoms with E-state index in [0.717, 1.165) is 25.8 Å². The van der Waals surface area contributed by atoms with E-state index in [-0.39, 0.29) is 42.7 Å². The number of carbonyl (C=O) groups is 1. The third-order valence-corrected chi connectivity index (χ3v) is 3.96. The van der Waals surface area contributed by atoms with E-state index in [9.17, 15) is 18.0 Å². The molecule has 2 aliphatic rings. The van der Waals surface area contributed by atoms with Crippen molar-refractivity contribution in [1.82, 2.24) is 15.5 Å². The van der Waals surface area contributed by atoms with Crippen molar-refractivity contribution < 1.29 is 18.0 Å². The van der Waals surface area contributed by atoms with Gasteiger partial charge in [-0.15, -0.1) is 24.8 Å². The number of alkyl halides is 3. The molecule has 1 amide bonds. The Morgan fingerprint density at radius 1 is 1.23 bits per heavy atom. The van der Waals surface area contributed by atoms with Gasteiger partial charge in [0.15, 0.2) is 0 Å². The van der Waals surface area contributed by atoms with Gasteiger partial charge in [0.2, 0.25) is 5.91 Å². The molecule has 2 heterocycles. The third kappa shape index (κ3) is 7.35. The molecule has 0 bridgehead atoms. The maximum atomic E-state index is 12.3. The summed E-state index contributed by atoms with van der Waals surface area (Å²) in [5.41, 5.74) is 0. The summed E-state index contributed by atoms with van der Waals surface area (Å²) in [5.74, 6) is 0.115. The highest BCUT2D eigenvalue weighted by molar-refractivity contribution is 5.85. The molecule has 9 heteroatoms. The monoisotopic (exact) mass is 365 g/mol. The summed E-state index contributed by atoms with van der Waals surface area (Å²) >= 11 is 0. The second-order valence-electron chi connectivity index (χ2n) is 5.75. The van der Waals surface area contributed by atoms with Crippen molar-refractivity contribution in [3.63, 3.8) is 0 Å². The van der Waals surface area contributed by atoms with Crippen molar-refractivity contribution in [3.05, 3.63) is 0 Å². The van der Waals surface area contributed by atoms with Crippen molar-refractivity contribution in [2.75, 3.05) is 32.7 Å². The summed E-state index contributed by atoms with van der Waals surface area (Å²) in [6.45, 7) is 1.37. The van der Waals surface area contributed by atoms with Crippen LogP contribution in [0.2, 0.25) is 0 Å². The Morgan fingerprint density at radius 2 is 1.95 bits per heavy atom. The molecular formula is C13H24Cl2F3N3O. The van der Waals surface area contributed by atoms with Gasteiger partial charge in [0.25, 0.3) is 0 Å². The number of nitrogens with zero attached hydrogens (tertiary/aromatic N) is 1. The zero-order valence-electron chi connectivity index (χ0n) is 12.3. The molecule has 0 spiro atoms. The Balaban J connectivity index is 0.00000220. The Labute approximate surface area is 141 Å². The van der Waals surface area contributed by atoms with Crippen molar-refractivity contribution in [2.24, 2.45) is 5.92 Å². The highest BCUT2D eigenvalue weighted by Crippen LogP contribution is 2.22. The number of rotatable bonds is 4. The average molecular weight is 366 g/mol. The van der Waals surface area contributed by atoms with Crippen molar-refractivity contribution in [1.29, 1.82) is 0 Å². The molecule has 4 nitrogen and oxygen atoms in total. The van der Waals surface area contributed by atoms with E-state index in [2.05, 4.69) is 10.6 Å². The van der Waals surface area contributed by atoms with Crippen LogP contribution < -0.4 is 10.6 Å². The first kappa shape index (κ1) is 21.8. The summed E-state index contributed by atoms with van der Waals surface area (Å²) in [5, 5.41) is 6.03. The molecule has 132 valence electrons. The molecule has 0 saturated carbocycles. The number of hydrogen-bond donors (Lipinski definition) is 2. The minimum atomic E-state index is -4.13. The largest absolute Gasteiger partial charge is 0.401 e. The van der Waals surface area contributed by atoms with Gasteiger partial charge < -0.3 is 10.6 Å². The lowest BCUT2D eigenvalue weighted by molar-refractivity contribution is -0.143. The first-order valence-corrected chi connectivity index (χ1v) is 7.24. The van der Waals surface area contributed by atoms with Crippen LogP contribution in [0.15, 0.2) is 0 Å². The fourth-order valence-corrected chi connectivity index (χ4v) is 2.92. The van der Waals surface area contributed by atoms with Gasteiger partial charge in [0.05, 0.1) is 12.6 Å². The smallest absolute Gasteiger partial charge is 0.354 e. The molecule has 2 saturated heterocycles. The van der Waals surface area contributed by atoms with Crippen molar-refractivity contribution in [3.8, 4) is 0 Å². The topological polar surface area (TPSA) is 44.4 Å². The summed E-state index contributed by atoms with van der Waals surface area (Å²) in [7, 11) is 0. The van der Waals surface area contributed by atoms with Crippen LogP contribution >= 0.6 is 24.8 Å². The molecule has 2 rings (SSSR count). The van der Waals surface area contributed by atoms with Crippen LogP contribution in [-0.4, -0.2) is 55.7 Å². The van der Waals surface area contributed by atoms with E-state index >= 15 is 0 Å². The second kappa shape index (κ2) is 9.80. The third-order valence-electron chi connectivity index (χ3n) is 3.96. The first-order valence-electron chi connectivity index (χ1n) is 7.24. The average Bonchev–Trinajstić information content (AvgIpc) is 2.82. The Hall–Kier alpha value is -0.240. The van der Waals surface area contributed by atoms with Gasteiger partial charge in [-0.25, -0.2) is 0 Å². The first-order chi connectivity index (χ1) is 9.44. The zero-order valence-corrected chi connectivity index (χ0v) is 14.0. The maximum Gasteiger partial charge on any atom is 0.401 e. The molecular weight excluding hydrogens is 342 g/mol. The molecule has 2 atom stereocenters.